The lowest BCUT2D eigenvalue weighted by atomic mass is 10.4. The van der Waals surface area contributed by atoms with E-state index in [-0.39, 0.29) is 12.3 Å². The van der Waals surface area contributed by atoms with Gasteiger partial charge in [0.25, 0.3) is 0 Å². The molecule has 5 heteroatoms. The van der Waals surface area contributed by atoms with Crippen LogP contribution in [0.1, 0.15) is 6.92 Å². The first kappa shape index (κ1) is 8.26. The lowest BCUT2D eigenvalue weighted by Crippen LogP contribution is -2.10. The summed E-state index contributed by atoms with van der Waals surface area (Å²) in [5.41, 5.74) is 5.51. The van der Waals surface area contributed by atoms with E-state index >= 15 is 0 Å². The van der Waals surface area contributed by atoms with Gasteiger partial charge in [-0.3, -0.25) is 4.79 Å². The molecule has 0 saturated carbocycles. The number of carbonyl (C=O) groups is 1. The van der Waals surface area contributed by atoms with Crippen LogP contribution >= 0.6 is 15.9 Å². The molecule has 0 aliphatic rings. The molecule has 1 heterocycles. The van der Waals surface area contributed by atoms with Crippen molar-refractivity contribution in [2.75, 3.05) is 5.73 Å². The van der Waals surface area contributed by atoms with Gasteiger partial charge >= 0.3 is 0 Å². The van der Waals surface area contributed by atoms with Crippen molar-refractivity contribution in [3.8, 4) is 0 Å². The maximum Gasteiger partial charge on any atom is 0.151 e. The van der Waals surface area contributed by atoms with Crippen LogP contribution in [0.15, 0.2) is 10.7 Å². The second-order valence-electron chi connectivity index (χ2n) is 2.25. The van der Waals surface area contributed by atoms with Crippen molar-refractivity contribution in [1.82, 2.24) is 9.78 Å². The van der Waals surface area contributed by atoms with Crippen LogP contribution < -0.4 is 5.73 Å². The Labute approximate surface area is 72.5 Å². The molecule has 2 N–H and O–H groups in total. The van der Waals surface area contributed by atoms with Crippen molar-refractivity contribution in [1.29, 1.82) is 0 Å². The van der Waals surface area contributed by atoms with E-state index in [4.69, 9.17) is 5.73 Å². The largest absolute Gasteiger partial charge is 0.384 e. The molecule has 0 unspecified atom stereocenters. The molecule has 0 saturated heterocycles. The van der Waals surface area contributed by atoms with E-state index in [0.29, 0.717) is 10.4 Å². The number of nitrogen functional groups attached to an aromatic ring is 1. The third-order valence-electron chi connectivity index (χ3n) is 1.15. The van der Waals surface area contributed by atoms with Gasteiger partial charge in [0, 0.05) is 6.07 Å². The number of hydrogen-bond acceptors (Lipinski definition) is 3. The van der Waals surface area contributed by atoms with E-state index in [0.717, 1.165) is 0 Å². The van der Waals surface area contributed by atoms with Gasteiger partial charge in [0.15, 0.2) is 5.78 Å². The van der Waals surface area contributed by atoms with Crippen LogP contribution in [0.25, 0.3) is 0 Å². The number of carbonyl (C=O) groups excluding carboxylic acids is 1. The molecule has 4 nitrogen and oxygen atoms in total. The summed E-state index contributed by atoms with van der Waals surface area (Å²) in [6, 6.07) is 1.66. The van der Waals surface area contributed by atoms with Crippen molar-refractivity contribution in [2.45, 2.75) is 13.5 Å². The van der Waals surface area contributed by atoms with Gasteiger partial charge in [-0.15, -0.1) is 0 Å². The number of anilines is 1. The lowest BCUT2D eigenvalue weighted by molar-refractivity contribution is -0.117. The molecule has 0 bridgehead atoms. The molecule has 0 spiro atoms. The molecule has 0 aromatic carbocycles. The van der Waals surface area contributed by atoms with Crippen LogP contribution in [-0.2, 0) is 11.3 Å². The van der Waals surface area contributed by atoms with Gasteiger partial charge in [0.2, 0.25) is 0 Å². The molecule has 0 amide bonds. The van der Waals surface area contributed by atoms with Crippen LogP contribution in [-0.4, -0.2) is 15.6 Å². The molecule has 1 aromatic heterocycles. The second-order valence-corrected chi connectivity index (χ2v) is 3.06. The van der Waals surface area contributed by atoms with E-state index in [1.807, 2.05) is 0 Å². The average Bonchev–Trinajstić information content (AvgIpc) is 2.09. The minimum Gasteiger partial charge on any atom is -0.384 e. The summed E-state index contributed by atoms with van der Waals surface area (Å²) in [7, 11) is 0. The van der Waals surface area contributed by atoms with Crippen LogP contribution in [0.4, 0.5) is 5.82 Å². The summed E-state index contributed by atoms with van der Waals surface area (Å²) in [6.07, 6.45) is 0. The molecule has 0 aliphatic heterocycles. The number of halogens is 1. The molecule has 1 rings (SSSR count). The second kappa shape index (κ2) is 3.04. The standard InChI is InChI=1S/C6H8BrN3O/c1-4(11)3-10-6(8)2-5(7)9-10/h2H,3,8H2,1H3. The van der Waals surface area contributed by atoms with Crippen LogP contribution in [0.2, 0.25) is 0 Å². The lowest BCUT2D eigenvalue weighted by Gasteiger charge is -1.97. The quantitative estimate of drug-likeness (QED) is 0.799. The molecular weight excluding hydrogens is 210 g/mol. The normalized spacial score (nSPS) is 10.0. The highest BCUT2D eigenvalue weighted by Gasteiger charge is 2.03. The fraction of sp³-hybridized carbons (Fsp3) is 0.333. The van der Waals surface area contributed by atoms with Gasteiger partial charge in [-0.1, -0.05) is 0 Å². The summed E-state index contributed by atoms with van der Waals surface area (Å²) < 4.78 is 2.10. The number of rotatable bonds is 2. The van der Waals surface area contributed by atoms with Gasteiger partial charge in [0.05, 0.1) is 0 Å². The number of ketones is 1. The molecule has 0 radical (unpaired) electrons. The summed E-state index contributed by atoms with van der Waals surface area (Å²) in [5, 5.41) is 3.94. The number of aromatic nitrogens is 2. The summed E-state index contributed by atoms with van der Waals surface area (Å²) in [6.45, 7) is 1.73. The SMILES string of the molecule is CC(=O)Cn1nc(Br)cc1N. The fourth-order valence-electron chi connectivity index (χ4n) is 0.736. The monoisotopic (exact) mass is 217 g/mol. The highest BCUT2D eigenvalue weighted by Crippen LogP contribution is 2.11. The molecular formula is C6H8BrN3O. The minimum absolute atomic E-state index is 0.0345. The first-order valence-corrected chi connectivity index (χ1v) is 3.87. The highest BCUT2D eigenvalue weighted by atomic mass is 79.9. The zero-order valence-electron chi connectivity index (χ0n) is 6.04. The average molecular weight is 218 g/mol. The highest BCUT2D eigenvalue weighted by molar-refractivity contribution is 9.10. The van der Waals surface area contributed by atoms with Gasteiger partial charge < -0.3 is 5.73 Å². The third-order valence-corrected chi connectivity index (χ3v) is 1.54. The zero-order chi connectivity index (χ0) is 8.43. The molecule has 0 aliphatic carbocycles. The Balaban J connectivity index is 2.85. The molecule has 60 valence electrons. The third kappa shape index (κ3) is 2.04. The van der Waals surface area contributed by atoms with Crippen molar-refractivity contribution < 1.29 is 4.79 Å². The molecule has 0 fully saturated rings. The number of hydrogen-bond donors (Lipinski definition) is 1. The van der Waals surface area contributed by atoms with Crippen molar-refractivity contribution in [3.05, 3.63) is 10.7 Å². The van der Waals surface area contributed by atoms with E-state index in [1.54, 1.807) is 6.07 Å². The van der Waals surface area contributed by atoms with Crippen molar-refractivity contribution in [3.63, 3.8) is 0 Å². The first-order chi connectivity index (χ1) is 5.09. The van der Waals surface area contributed by atoms with Gasteiger partial charge in [-0.2, -0.15) is 5.10 Å². The molecule has 11 heavy (non-hydrogen) atoms. The number of nitrogens with two attached hydrogens (primary N) is 1. The molecule has 1 aromatic rings. The van der Waals surface area contributed by atoms with E-state index in [1.165, 1.54) is 11.6 Å². The smallest absolute Gasteiger partial charge is 0.151 e. The van der Waals surface area contributed by atoms with Crippen LogP contribution in [0.5, 0.6) is 0 Å². The zero-order valence-corrected chi connectivity index (χ0v) is 7.63. The van der Waals surface area contributed by atoms with Gasteiger partial charge in [-0.05, 0) is 22.9 Å². The summed E-state index contributed by atoms with van der Waals surface area (Å²) >= 11 is 3.15. The summed E-state index contributed by atoms with van der Waals surface area (Å²) in [5.74, 6) is 0.527. The maximum atomic E-state index is 10.6. The number of nitrogens with zero attached hydrogens (tertiary/aromatic N) is 2. The number of Topliss-reactive ketones (excluding diaryl/α,β-unsaturated/α-hetero) is 1. The van der Waals surface area contributed by atoms with Gasteiger partial charge in [-0.25, -0.2) is 4.68 Å². The molecule has 0 atom stereocenters. The van der Waals surface area contributed by atoms with Crippen molar-refractivity contribution in [2.24, 2.45) is 0 Å². The Bertz CT molecular complexity index is 281. The van der Waals surface area contributed by atoms with Crippen molar-refractivity contribution >= 4 is 27.5 Å². The predicted molar refractivity (Wildman–Crippen MR) is 45.0 cm³/mol. The van der Waals surface area contributed by atoms with E-state index < -0.39 is 0 Å². The topological polar surface area (TPSA) is 60.9 Å². The van der Waals surface area contributed by atoms with Crippen LogP contribution in [0.3, 0.4) is 0 Å². The van der Waals surface area contributed by atoms with E-state index in [9.17, 15) is 4.79 Å². The van der Waals surface area contributed by atoms with E-state index in [2.05, 4.69) is 21.0 Å². The predicted octanol–water partition coefficient (Wildman–Crippen LogP) is 0.817. The van der Waals surface area contributed by atoms with Crippen LogP contribution in [0, 0.1) is 0 Å². The van der Waals surface area contributed by atoms with Gasteiger partial charge in [0.1, 0.15) is 17.0 Å². The maximum absolute atomic E-state index is 10.6. The summed E-state index contributed by atoms with van der Waals surface area (Å²) in [4.78, 5) is 10.6. The Hall–Kier alpha value is -0.840. The Morgan fingerprint density at radius 3 is 2.91 bits per heavy atom. The Morgan fingerprint density at radius 1 is 1.91 bits per heavy atom. The minimum atomic E-state index is 0.0345. The fourth-order valence-corrected chi connectivity index (χ4v) is 1.16. The Kier molecular flexibility index (Phi) is 2.28. The first-order valence-electron chi connectivity index (χ1n) is 3.08. The Morgan fingerprint density at radius 2 is 2.55 bits per heavy atom.